The first-order valence-corrected chi connectivity index (χ1v) is 14.9. The number of benzene rings is 3. The fourth-order valence-corrected chi connectivity index (χ4v) is 5.38. The smallest absolute Gasteiger partial charge is 0.316 e. The van der Waals surface area contributed by atoms with Crippen LogP contribution >= 0.6 is 0 Å². The number of hydrogen-bond acceptors (Lipinski definition) is 4. The number of aliphatic hydroxyl groups is 1. The van der Waals surface area contributed by atoms with Crippen LogP contribution < -0.4 is 0 Å². The Hall–Kier alpha value is -4.16. The molecule has 0 aliphatic heterocycles. The van der Waals surface area contributed by atoms with Gasteiger partial charge in [0.2, 0.25) is 0 Å². The number of rotatable bonds is 10. The first kappa shape index (κ1) is 36.3. The van der Waals surface area contributed by atoms with Gasteiger partial charge in [0.1, 0.15) is 0 Å². The molecule has 5 aromatic rings. The minimum absolute atomic E-state index is 0. The quantitative estimate of drug-likeness (QED) is 0.0504. The van der Waals surface area contributed by atoms with E-state index < -0.39 is 11.6 Å². The van der Waals surface area contributed by atoms with Crippen molar-refractivity contribution in [2.45, 2.75) is 53.0 Å². The number of esters is 1. The average Bonchev–Trinajstić information content (AvgIpc) is 3.34. The molecule has 2 heterocycles. The summed E-state index contributed by atoms with van der Waals surface area (Å²) in [6.07, 6.45) is 4.95. The second-order valence-corrected chi connectivity index (χ2v) is 11.0. The van der Waals surface area contributed by atoms with Gasteiger partial charge in [0.05, 0.1) is 31.3 Å². The Bertz CT molecular complexity index is 1760. The van der Waals surface area contributed by atoms with E-state index in [0.29, 0.717) is 18.5 Å². The number of carbonyl (C=O) groups is 1. The normalized spacial score (nSPS) is 12.5. The van der Waals surface area contributed by atoms with Crippen LogP contribution in [0, 0.1) is 23.6 Å². The van der Waals surface area contributed by atoms with Crippen LogP contribution in [0.1, 0.15) is 52.1 Å². The predicted octanol–water partition coefficient (Wildman–Crippen LogP) is 8.71. The van der Waals surface area contributed by atoms with E-state index in [1.54, 1.807) is 18.3 Å². The number of aliphatic hydroxyl groups excluding tert-OH is 1. The third kappa shape index (κ3) is 9.20. The molecule has 6 nitrogen and oxygen atoms in total. The Labute approximate surface area is 282 Å². The van der Waals surface area contributed by atoms with Crippen molar-refractivity contribution in [3.05, 3.63) is 114 Å². The molecule has 46 heavy (non-hydrogen) atoms. The summed E-state index contributed by atoms with van der Waals surface area (Å²) < 4.78 is 35.1. The van der Waals surface area contributed by atoms with Crippen LogP contribution in [0.2, 0.25) is 0 Å². The van der Waals surface area contributed by atoms with Gasteiger partial charge in [-0.1, -0.05) is 74.0 Å². The molecule has 0 bridgehead atoms. The van der Waals surface area contributed by atoms with Gasteiger partial charge in [0.25, 0.3) is 0 Å². The summed E-state index contributed by atoms with van der Waals surface area (Å²) in [5.41, 5.74) is 3.69. The molecule has 0 saturated carbocycles. The number of aromatic nitrogens is 2. The topological polar surface area (TPSA) is 85.8 Å². The second kappa shape index (κ2) is 16.9. The number of para-hydroxylation sites is 2. The number of pyridine rings is 1. The molecule has 9 heteroatoms. The van der Waals surface area contributed by atoms with Crippen molar-refractivity contribution in [1.29, 1.82) is 0 Å². The molecule has 0 aliphatic carbocycles. The molecule has 0 amide bonds. The summed E-state index contributed by atoms with van der Waals surface area (Å²) in [6.45, 7) is 7.30. The van der Waals surface area contributed by atoms with Crippen molar-refractivity contribution >= 4 is 33.6 Å². The number of ketones is 1. The third-order valence-corrected chi connectivity index (χ3v) is 7.47. The zero-order chi connectivity index (χ0) is 32.5. The van der Waals surface area contributed by atoms with Gasteiger partial charge in [-0.3, -0.25) is 18.4 Å². The van der Waals surface area contributed by atoms with Gasteiger partial charge < -0.3 is 19.4 Å². The van der Waals surface area contributed by atoms with Crippen LogP contribution in [-0.4, -0.2) is 37.8 Å². The van der Waals surface area contributed by atoms with Crippen LogP contribution in [-0.2, 0) is 37.0 Å². The molecule has 0 saturated heterocycles. The molecule has 5 rings (SSSR count). The van der Waals surface area contributed by atoms with Crippen LogP contribution in [0.15, 0.2) is 90.8 Å². The maximum Gasteiger partial charge on any atom is 0.316 e. The number of fused-ring (bicyclic) bond motifs is 3. The van der Waals surface area contributed by atoms with Gasteiger partial charge in [-0.2, -0.15) is 0 Å². The van der Waals surface area contributed by atoms with E-state index in [9.17, 15) is 13.6 Å². The molecule has 244 valence electrons. The molecule has 0 spiro atoms. The number of carbonyl (C=O) groups excluding carboxylic acids is 2. The molecule has 0 aliphatic rings. The predicted molar refractivity (Wildman–Crippen MR) is 175 cm³/mol. The van der Waals surface area contributed by atoms with Crippen molar-refractivity contribution in [3.8, 4) is 11.3 Å². The summed E-state index contributed by atoms with van der Waals surface area (Å²) in [5.74, 6) is -1.63. The van der Waals surface area contributed by atoms with E-state index in [4.69, 9.17) is 14.6 Å². The summed E-state index contributed by atoms with van der Waals surface area (Å²) >= 11 is 0. The largest absolute Gasteiger partial charge is 0.512 e. The van der Waals surface area contributed by atoms with Gasteiger partial charge in [0, 0.05) is 73.2 Å². The maximum absolute atomic E-state index is 14.0. The van der Waals surface area contributed by atoms with Gasteiger partial charge >= 0.3 is 11.8 Å². The molecular formula is C37H38F2N2O4Pt. The Balaban J connectivity index is 0.000000648. The third-order valence-electron chi connectivity index (χ3n) is 7.47. The van der Waals surface area contributed by atoms with Crippen molar-refractivity contribution in [2.75, 3.05) is 6.61 Å². The van der Waals surface area contributed by atoms with Gasteiger partial charge in [-0.25, -0.2) is 0 Å². The molecular weight excluding hydrogens is 769 g/mol. The fourth-order valence-electron chi connectivity index (χ4n) is 5.38. The van der Waals surface area contributed by atoms with Gasteiger partial charge in [0.15, 0.2) is 0 Å². The second-order valence-electron chi connectivity index (χ2n) is 11.0. The molecule has 3 aromatic carbocycles. The van der Waals surface area contributed by atoms with Crippen molar-refractivity contribution in [1.82, 2.24) is 9.55 Å². The Morgan fingerprint density at radius 3 is 2.20 bits per heavy atom. The van der Waals surface area contributed by atoms with E-state index in [0.717, 1.165) is 24.1 Å². The zero-order valence-electron chi connectivity index (χ0n) is 26.2. The summed E-state index contributed by atoms with van der Waals surface area (Å²) in [6, 6.07) is 24.9. The van der Waals surface area contributed by atoms with Crippen molar-refractivity contribution < 1.29 is 49.3 Å². The first-order chi connectivity index (χ1) is 21.6. The SMILES string of the molecule is CC(=[OH+])C=C(C)O.CCC(CC(C)C(=O)OCCc1ccc(-c2[c-]cc(F)cc2F)nc1)n1c2ccccc2c2ccccc21.[Pt]. The molecule has 2 unspecified atom stereocenters. The number of allylic oxidation sites excluding steroid dienone is 2. The molecule has 0 fully saturated rings. The van der Waals surface area contributed by atoms with E-state index in [1.165, 1.54) is 41.7 Å². The standard InChI is InChI=1S/C32H29F2N2O2.C5H8O2.Pt/c1-3-24(36-30-10-6-4-8-25(30)26-9-5-7-11-31(26)36)18-21(2)32(37)38-17-16-22-12-15-29(35-20-22)27-14-13-23(33)19-28(27)34;1-4(6)3-5(2)7;/h4-13,15,19-21,24H,3,16-18H2,1-2H3;3,6H,1-2H3;/q-1;;/p+1. The number of hydrogen-bond donors (Lipinski definition) is 1. The first-order valence-electron chi connectivity index (χ1n) is 14.9. The van der Waals surface area contributed by atoms with Crippen molar-refractivity contribution in [2.24, 2.45) is 5.92 Å². The Kier molecular flexibility index (Phi) is 13.4. The summed E-state index contributed by atoms with van der Waals surface area (Å²) in [7, 11) is 0. The minimum atomic E-state index is -0.709. The summed E-state index contributed by atoms with van der Waals surface area (Å²) in [5, 5.41) is 10.8. The van der Waals surface area contributed by atoms with E-state index >= 15 is 0 Å². The average molecular weight is 808 g/mol. The molecule has 0 radical (unpaired) electrons. The van der Waals surface area contributed by atoms with Crippen LogP contribution in [0.4, 0.5) is 8.78 Å². The van der Waals surface area contributed by atoms with Crippen molar-refractivity contribution in [3.63, 3.8) is 0 Å². The number of nitrogens with zero attached hydrogens (tertiary/aromatic N) is 2. The van der Waals surface area contributed by atoms with E-state index in [1.807, 2.05) is 6.92 Å². The Morgan fingerprint density at radius 2 is 1.70 bits per heavy atom. The maximum atomic E-state index is 14.0. The molecule has 2 N–H and O–H groups in total. The molecule has 2 aromatic heterocycles. The van der Waals surface area contributed by atoms with Gasteiger partial charge in [-0.05, 0) is 43.2 Å². The van der Waals surface area contributed by atoms with E-state index in [2.05, 4.69) is 71.1 Å². The zero-order valence-corrected chi connectivity index (χ0v) is 28.5. The minimum Gasteiger partial charge on any atom is -0.512 e. The number of ether oxygens (including phenoxy) is 1. The van der Waals surface area contributed by atoms with Crippen LogP contribution in [0.25, 0.3) is 33.1 Å². The molecule has 2 atom stereocenters. The monoisotopic (exact) mass is 807 g/mol. The Morgan fingerprint density at radius 1 is 1.07 bits per heavy atom. The van der Waals surface area contributed by atoms with Gasteiger partial charge in [-0.15, -0.1) is 12.1 Å². The number of halogens is 2. The summed E-state index contributed by atoms with van der Waals surface area (Å²) in [4.78, 5) is 25.5. The van der Waals surface area contributed by atoms with E-state index in [-0.39, 0.29) is 62.7 Å². The van der Waals surface area contributed by atoms with Crippen LogP contribution in [0.5, 0.6) is 0 Å². The fraction of sp³-hybridized carbons (Fsp3) is 0.270. The van der Waals surface area contributed by atoms with Crippen LogP contribution in [0.3, 0.4) is 0 Å².